The summed E-state index contributed by atoms with van der Waals surface area (Å²) < 4.78 is 20.6. The van der Waals surface area contributed by atoms with Crippen molar-refractivity contribution in [1.29, 1.82) is 0 Å². The summed E-state index contributed by atoms with van der Waals surface area (Å²) in [5.74, 6) is -0.607. The molecule has 6 nitrogen and oxygen atoms in total. The van der Waals surface area contributed by atoms with Crippen LogP contribution in [-0.4, -0.2) is 38.7 Å². The zero-order chi connectivity index (χ0) is 14.5. The summed E-state index contributed by atoms with van der Waals surface area (Å²) in [6.07, 6.45) is 0. The van der Waals surface area contributed by atoms with Crippen LogP contribution in [0.3, 0.4) is 0 Å². The van der Waals surface area contributed by atoms with Crippen molar-refractivity contribution >= 4 is 11.8 Å². The zero-order valence-electron chi connectivity index (χ0n) is 11.4. The second-order valence-corrected chi connectivity index (χ2v) is 4.14. The molecule has 1 aliphatic rings. The van der Waals surface area contributed by atoms with E-state index in [9.17, 15) is 9.59 Å². The summed E-state index contributed by atoms with van der Waals surface area (Å²) in [6, 6.07) is 3.16. The Bertz CT molecular complexity index is 523. The van der Waals surface area contributed by atoms with Crippen molar-refractivity contribution in [3.63, 3.8) is 0 Å². The molecule has 20 heavy (non-hydrogen) atoms. The molecule has 6 heteroatoms. The number of Topliss-reactive ketones (excluding diaryl/α,β-unsaturated/α-hetero) is 1. The van der Waals surface area contributed by atoms with Gasteiger partial charge in [-0.05, 0) is 24.6 Å². The fourth-order valence-electron chi connectivity index (χ4n) is 1.92. The molecule has 0 radical (unpaired) electrons. The highest BCUT2D eigenvalue weighted by Crippen LogP contribution is 2.33. The topological polar surface area (TPSA) is 71.1 Å². The number of rotatable bonds is 5. The van der Waals surface area contributed by atoms with Gasteiger partial charge in [0, 0.05) is 12.7 Å². The first-order valence-electron chi connectivity index (χ1n) is 6.30. The van der Waals surface area contributed by atoms with Crippen LogP contribution in [0.25, 0.3) is 0 Å². The van der Waals surface area contributed by atoms with Gasteiger partial charge in [-0.1, -0.05) is 0 Å². The maximum absolute atomic E-state index is 12.1. The summed E-state index contributed by atoms with van der Waals surface area (Å²) >= 11 is 0. The fraction of sp³-hybridized carbons (Fsp3) is 0.429. The van der Waals surface area contributed by atoms with E-state index in [4.69, 9.17) is 18.9 Å². The van der Waals surface area contributed by atoms with E-state index >= 15 is 0 Å². The largest absolute Gasteiger partial charge is 0.486 e. The summed E-state index contributed by atoms with van der Waals surface area (Å²) in [4.78, 5) is 23.7. The monoisotopic (exact) mass is 280 g/mol. The quantitative estimate of drug-likeness (QED) is 0.460. The first-order chi connectivity index (χ1) is 9.67. The normalized spacial score (nSPS) is 12.9. The highest BCUT2D eigenvalue weighted by molar-refractivity contribution is 6.41. The summed E-state index contributed by atoms with van der Waals surface area (Å²) in [5.41, 5.74) is 0.782. The van der Waals surface area contributed by atoms with Crippen molar-refractivity contribution in [2.75, 3.05) is 26.9 Å². The molecule has 1 aromatic carbocycles. The van der Waals surface area contributed by atoms with Crippen molar-refractivity contribution in [2.24, 2.45) is 0 Å². The number of carbonyl (C=O) groups is 2. The highest BCUT2D eigenvalue weighted by atomic mass is 16.6. The van der Waals surface area contributed by atoms with E-state index in [1.165, 1.54) is 13.2 Å². The number of benzene rings is 1. The van der Waals surface area contributed by atoms with Crippen molar-refractivity contribution in [3.05, 3.63) is 23.3 Å². The minimum atomic E-state index is -0.887. The summed E-state index contributed by atoms with van der Waals surface area (Å²) in [7, 11) is 1.51. The Morgan fingerprint density at radius 2 is 1.85 bits per heavy atom. The lowest BCUT2D eigenvalue weighted by molar-refractivity contribution is -0.137. The zero-order valence-corrected chi connectivity index (χ0v) is 11.4. The summed E-state index contributed by atoms with van der Waals surface area (Å²) in [5, 5.41) is 0. The number of ketones is 1. The average molecular weight is 280 g/mol. The van der Waals surface area contributed by atoms with Crippen LogP contribution in [0.1, 0.15) is 22.8 Å². The third-order valence-corrected chi connectivity index (χ3v) is 2.77. The molecule has 0 unspecified atom stereocenters. The van der Waals surface area contributed by atoms with Crippen LogP contribution in [0, 0.1) is 0 Å². The Kier molecular flexibility index (Phi) is 4.57. The molecule has 0 spiro atoms. The van der Waals surface area contributed by atoms with Gasteiger partial charge in [0.1, 0.15) is 13.2 Å². The predicted octanol–water partition coefficient (Wildman–Crippen LogP) is 1.35. The van der Waals surface area contributed by atoms with E-state index in [0.29, 0.717) is 30.3 Å². The van der Waals surface area contributed by atoms with Crippen LogP contribution >= 0.6 is 0 Å². The minimum Gasteiger partial charge on any atom is -0.486 e. The van der Waals surface area contributed by atoms with Crippen molar-refractivity contribution in [1.82, 2.24) is 0 Å². The molecule has 0 N–H and O–H groups in total. The van der Waals surface area contributed by atoms with Gasteiger partial charge < -0.3 is 18.9 Å². The van der Waals surface area contributed by atoms with E-state index in [2.05, 4.69) is 0 Å². The highest BCUT2D eigenvalue weighted by Gasteiger charge is 2.24. The molecule has 0 bridgehead atoms. The third kappa shape index (κ3) is 2.91. The lowest BCUT2D eigenvalue weighted by atomic mass is 10.0. The van der Waals surface area contributed by atoms with Gasteiger partial charge in [0.2, 0.25) is 0 Å². The number of methoxy groups -OCH3 is 1. The molecule has 1 aromatic rings. The predicted molar refractivity (Wildman–Crippen MR) is 69.1 cm³/mol. The number of hydrogen-bond acceptors (Lipinski definition) is 6. The van der Waals surface area contributed by atoms with Gasteiger partial charge in [0.05, 0.1) is 13.2 Å². The smallest absolute Gasteiger partial charge is 0.379 e. The second kappa shape index (κ2) is 6.38. The van der Waals surface area contributed by atoms with Gasteiger partial charge in [-0.2, -0.15) is 0 Å². The SMILES string of the molecule is CCOC(=O)C(=O)c1cc2c(cc1COC)OCCO2. The van der Waals surface area contributed by atoms with Gasteiger partial charge in [0.25, 0.3) is 5.78 Å². The van der Waals surface area contributed by atoms with Gasteiger partial charge in [-0.15, -0.1) is 0 Å². The van der Waals surface area contributed by atoms with Gasteiger partial charge >= 0.3 is 5.97 Å². The molecule has 1 aliphatic heterocycles. The lowest BCUT2D eigenvalue weighted by Gasteiger charge is -2.20. The molecule has 0 fully saturated rings. The Morgan fingerprint density at radius 3 is 2.45 bits per heavy atom. The number of fused-ring (bicyclic) bond motifs is 1. The van der Waals surface area contributed by atoms with E-state index < -0.39 is 11.8 Å². The van der Waals surface area contributed by atoms with E-state index in [-0.39, 0.29) is 18.8 Å². The van der Waals surface area contributed by atoms with Crippen LogP contribution in [0.5, 0.6) is 11.5 Å². The Balaban J connectivity index is 2.39. The number of hydrogen-bond donors (Lipinski definition) is 0. The number of esters is 1. The lowest BCUT2D eigenvalue weighted by Crippen LogP contribution is -2.21. The Labute approximate surface area is 116 Å². The van der Waals surface area contributed by atoms with Crippen LogP contribution in [-0.2, 0) is 20.9 Å². The molecule has 0 aromatic heterocycles. The molecular formula is C14H16O6. The first kappa shape index (κ1) is 14.3. The number of ether oxygens (including phenoxy) is 4. The van der Waals surface area contributed by atoms with Gasteiger partial charge in [-0.3, -0.25) is 4.79 Å². The Hall–Kier alpha value is -2.08. The van der Waals surface area contributed by atoms with Crippen LogP contribution in [0.4, 0.5) is 0 Å². The van der Waals surface area contributed by atoms with Crippen molar-refractivity contribution in [2.45, 2.75) is 13.5 Å². The van der Waals surface area contributed by atoms with Crippen LogP contribution < -0.4 is 9.47 Å². The standard InChI is InChI=1S/C14H16O6/c1-3-18-14(16)13(15)10-7-12-11(19-4-5-20-12)6-9(10)8-17-2/h6-7H,3-5,8H2,1-2H3. The van der Waals surface area contributed by atoms with E-state index in [1.807, 2.05) is 0 Å². The number of carbonyl (C=O) groups excluding carboxylic acids is 2. The van der Waals surface area contributed by atoms with Crippen molar-refractivity contribution < 1.29 is 28.5 Å². The summed E-state index contributed by atoms with van der Waals surface area (Å²) in [6.45, 7) is 2.84. The molecule has 0 amide bonds. The first-order valence-corrected chi connectivity index (χ1v) is 6.30. The van der Waals surface area contributed by atoms with Crippen LogP contribution in [0.2, 0.25) is 0 Å². The molecule has 0 saturated heterocycles. The minimum absolute atomic E-state index is 0.148. The molecule has 0 saturated carbocycles. The molecular weight excluding hydrogens is 264 g/mol. The molecule has 1 heterocycles. The van der Waals surface area contributed by atoms with Gasteiger partial charge in [-0.25, -0.2) is 4.79 Å². The fourth-order valence-corrected chi connectivity index (χ4v) is 1.92. The van der Waals surface area contributed by atoms with Crippen LogP contribution in [0.15, 0.2) is 12.1 Å². The second-order valence-electron chi connectivity index (χ2n) is 4.14. The molecule has 0 aliphatic carbocycles. The maximum Gasteiger partial charge on any atom is 0.379 e. The molecule has 0 atom stereocenters. The maximum atomic E-state index is 12.1. The average Bonchev–Trinajstić information content (AvgIpc) is 2.46. The molecule has 2 rings (SSSR count). The molecule has 108 valence electrons. The van der Waals surface area contributed by atoms with Crippen molar-refractivity contribution in [3.8, 4) is 11.5 Å². The van der Waals surface area contributed by atoms with E-state index in [0.717, 1.165) is 0 Å². The third-order valence-electron chi connectivity index (χ3n) is 2.77. The van der Waals surface area contributed by atoms with E-state index in [1.54, 1.807) is 13.0 Å². The van der Waals surface area contributed by atoms with Gasteiger partial charge in [0.15, 0.2) is 11.5 Å². The Morgan fingerprint density at radius 1 is 1.20 bits per heavy atom.